The monoisotopic (exact) mass is 422 g/mol. The number of phenolic OH excluding ortho intramolecular Hbond substituents is 1. The van der Waals surface area contributed by atoms with Gasteiger partial charge in [0.2, 0.25) is 5.78 Å². The van der Waals surface area contributed by atoms with Crippen LogP contribution in [0.3, 0.4) is 0 Å². The topological polar surface area (TPSA) is 92.9 Å². The van der Waals surface area contributed by atoms with Crippen LogP contribution in [0.1, 0.15) is 47.3 Å². The molecular formula is C24H26N2O5. The summed E-state index contributed by atoms with van der Waals surface area (Å²) in [6.07, 6.45) is 2.69. The van der Waals surface area contributed by atoms with E-state index in [2.05, 4.69) is 18.7 Å². The maximum Gasteiger partial charge on any atom is 0.270 e. The van der Waals surface area contributed by atoms with Crippen LogP contribution >= 0.6 is 0 Å². The van der Waals surface area contributed by atoms with Gasteiger partial charge in [-0.25, -0.2) is 0 Å². The Kier molecular flexibility index (Phi) is 5.54. The number of benzene rings is 2. The molecular weight excluding hydrogens is 396 g/mol. The molecule has 0 amide bonds. The average molecular weight is 422 g/mol. The van der Waals surface area contributed by atoms with E-state index < -0.39 is 4.92 Å². The third-order valence-electron chi connectivity index (χ3n) is 5.93. The van der Waals surface area contributed by atoms with Crippen molar-refractivity contribution in [2.45, 2.75) is 33.7 Å². The maximum absolute atomic E-state index is 13.1. The van der Waals surface area contributed by atoms with Crippen LogP contribution < -0.4 is 4.74 Å². The molecule has 7 nitrogen and oxygen atoms in total. The number of ketones is 1. The molecule has 2 heterocycles. The molecule has 7 heteroatoms. The highest BCUT2D eigenvalue weighted by Crippen LogP contribution is 2.42. The van der Waals surface area contributed by atoms with Crippen molar-refractivity contribution >= 4 is 17.5 Å². The Morgan fingerprint density at radius 1 is 1.26 bits per heavy atom. The predicted octanol–water partition coefficient (Wildman–Crippen LogP) is 4.70. The summed E-state index contributed by atoms with van der Waals surface area (Å²) in [5.41, 5.74) is 2.15. The molecule has 31 heavy (non-hydrogen) atoms. The van der Waals surface area contributed by atoms with Crippen LogP contribution in [-0.2, 0) is 6.54 Å². The van der Waals surface area contributed by atoms with Crippen LogP contribution in [0.2, 0.25) is 0 Å². The minimum atomic E-state index is -0.477. The molecule has 0 saturated carbocycles. The molecule has 0 aliphatic carbocycles. The molecule has 0 bridgehead atoms. The van der Waals surface area contributed by atoms with E-state index in [1.54, 1.807) is 25.1 Å². The number of nitro groups is 1. The van der Waals surface area contributed by atoms with E-state index in [1.807, 2.05) is 0 Å². The summed E-state index contributed by atoms with van der Waals surface area (Å²) < 4.78 is 5.97. The highest BCUT2D eigenvalue weighted by Gasteiger charge is 2.34. The zero-order chi connectivity index (χ0) is 22.3. The van der Waals surface area contributed by atoms with Gasteiger partial charge in [0.05, 0.1) is 16.1 Å². The number of nitro benzene ring substituents is 1. The number of piperidine rings is 1. The highest BCUT2D eigenvalue weighted by atomic mass is 16.6. The van der Waals surface area contributed by atoms with Gasteiger partial charge in [0.1, 0.15) is 11.5 Å². The first kappa shape index (κ1) is 21.1. The van der Waals surface area contributed by atoms with Gasteiger partial charge in [0, 0.05) is 31.8 Å². The number of phenols is 1. The van der Waals surface area contributed by atoms with Crippen LogP contribution in [0.5, 0.6) is 11.5 Å². The van der Waals surface area contributed by atoms with Gasteiger partial charge in [-0.2, -0.15) is 0 Å². The summed E-state index contributed by atoms with van der Waals surface area (Å²) in [4.78, 5) is 25.9. The van der Waals surface area contributed by atoms with Gasteiger partial charge >= 0.3 is 0 Å². The molecule has 0 spiro atoms. The first-order valence-electron chi connectivity index (χ1n) is 10.5. The standard InChI is InChI=1S/C24H26N2O5/c1-14-7-15(2)12-25(11-14)13-19-20(27)8-16(3)22-23(28)21(31-24(19)22)10-17-5-4-6-18(9-17)26(29)30/h4-6,8-10,14-15,27H,7,11-13H2,1-3H3/b21-10+. The predicted molar refractivity (Wildman–Crippen MR) is 117 cm³/mol. The maximum atomic E-state index is 13.1. The van der Waals surface area contributed by atoms with Crippen LogP contribution in [0, 0.1) is 28.9 Å². The molecule has 2 aromatic carbocycles. The van der Waals surface area contributed by atoms with Crippen molar-refractivity contribution in [3.8, 4) is 11.5 Å². The Bertz CT molecular complexity index is 1080. The molecule has 2 atom stereocenters. The van der Waals surface area contributed by atoms with Crippen molar-refractivity contribution in [3.05, 3.63) is 68.5 Å². The Hall–Kier alpha value is -3.19. The minimum Gasteiger partial charge on any atom is -0.507 e. The van der Waals surface area contributed by atoms with Crippen LogP contribution in [0.25, 0.3) is 6.08 Å². The fourth-order valence-electron chi connectivity index (χ4n) is 4.76. The number of nitrogens with zero attached hydrogens (tertiary/aromatic N) is 2. The number of carbonyl (C=O) groups is 1. The van der Waals surface area contributed by atoms with E-state index in [-0.39, 0.29) is 23.0 Å². The summed E-state index contributed by atoms with van der Waals surface area (Å²) in [5, 5.41) is 21.7. The molecule has 1 saturated heterocycles. The average Bonchev–Trinajstić information content (AvgIpc) is 3.01. The van der Waals surface area contributed by atoms with Crippen molar-refractivity contribution < 1.29 is 19.6 Å². The number of ether oxygens (including phenoxy) is 1. The number of hydrogen-bond acceptors (Lipinski definition) is 6. The Balaban J connectivity index is 1.68. The number of hydrogen-bond donors (Lipinski definition) is 1. The number of carbonyl (C=O) groups excluding carboxylic acids is 1. The van der Waals surface area contributed by atoms with Gasteiger partial charge in [-0.15, -0.1) is 0 Å². The van der Waals surface area contributed by atoms with E-state index in [0.29, 0.717) is 46.4 Å². The molecule has 2 unspecified atom stereocenters. The molecule has 2 aromatic rings. The van der Waals surface area contributed by atoms with Gasteiger partial charge in [0.15, 0.2) is 5.76 Å². The SMILES string of the molecule is Cc1cc(O)c(CN2CC(C)CC(C)C2)c2c1C(=O)/C(=C\c1cccc([N+](=O)[O-])c1)O2. The number of aromatic hydroxyl groups is 1. The second-order valence-corrected chi connectivity index (χ2v) is 8.83. The molecule has 4 rings (SSSR count). The Morgan fingerprint density at radius 2 is 1.97 bits per heavy atom. The molecule has 0 radical (unpaired) electrons. The molecule has 0 aromatic heterocycles. The van der Waals surface area contributed by atoms with Crippen molar-refractivity contribution in [2.75, 3.05) is 13.1 Å². The second-order valence-electron chi connectivity index (χ2n) is 8.83. The number of allylic oxidation sites excluding steroid dienone is 1. The van der Waals surface area contributed by atoms with Gasteiger partial charge in [-0.05, 0) is 48.4 Å². The third kappa shape index (κ3) is 4.18. The molecule has 2 aliphatic rings. The van der Waals surface area contributed by atoms with Crippen molar-refractivity contribution in [2.24, 2.45) is 11.8 Å². The zero-order valence-corrected chi connectivity index (χ0v) is 17.9. The number of non-ortho nitro benzene ring substituents is 1. The lowest BCUT2D eigenvalue weighted by Crippen LogP contribution is -2.38. The third-order valence-corrected chi connectivity index (χ3v) is 5.93. The number of likely N-dealkylation sites (tertiary alicyclic amines) is 1. The fourth-order valence-corrected chi connectivity index (χ4v) is 4.76. The van der Waals surface area contributed by atoms with E-state index >= 15 is 0 Å². The fraction of sp³-hybridized carbons (Fsp3) is 0.375. The second kappa shape index (κ2) is 8.15. The van der Waals surface area contributed by atoms with Crippen molar-refractivity contribution in [3.63, 3.8) is 0 Å². The smallest absolute Gasteiger partial charge is 0.270 e. The van der Waals surface area contributed by atoms with E-state index in [0.717, 1.165) is 13.1 Å². The summed E-state index contributed by atoms with van der Waals surface area (Å²) in [6, 6.07) is 7.66. The molecule has 1 N–H and O–H groups in total. The Labute approximate surface area is 181 Å². The molecule has 162 valence electrons. The minimum absolute atomic E-state index is 0.0554. The van der Waals surface area contributed by atoms with E-state index in [1.165, 1.54) is 24.6 Å². The van der Waals surface area contributed by atoms with Gasteiger partial charge in [0.25, 0.3) is 5.69 Å². The highest BCUT2D eigenvalue weighted by molar-refractivity contribution is 6.15. The zero-order valence-electron chi connectivity index (χ0n) is 17.9. The first-order valence-corrected chi connectivity index (χ1v) is 10.5. The summed E-state index contributed by atoms with van der Waals surface area (Å²) in [7, 11) is 0. The lowest BCUT2D eigenvalue weighted by Gasteiger charge is -2.35. The number of Topliss-reactive ketones (excluding diaryl/α,β-unsaturated/α-hetero) is 1. The lowest BCUT2D eigenvalue weighted by molar-refractivity contribution is -0.384. The van der Waals surface area contributed by atoms with Crippen LogP contribution in [0.4, 0.5) is 5.69 Å². The lowest BCUT2D eigenvalue weighted by atomic mass is 9.91. The van der Waals surface area contributed by atoms with E-state index in [9.17, 15) is 20.0 Å². The number of rotatable bonds is 4. The molecule has 1 fully saturated rings. The normalized spacial score (nSPS) is 22.4. The van der Waals surface area contributed by atoms with Crippen LogP contribution in [0.15, 0.2) is 36.1 Å². The van der Waals surface area contributed by atoms with Gasteiger partial charge in [-0.1, -0.05) is 26.0 Å². The summed E-state index contributed by atoms with van der Waals surface area (Å²) >= 11 is 0. The van der Waals surface area contributed by atoms with Gasteiger partial charge in [-0.3, -0.25) is 19.8 Å². The number of fused-ring (bicyclic) bond motifs is 1. The summed E-state index contributed by atoms with van der Waals surface area (Å²) in [5.74, 6) is 1.47. The molecule has 2 aliphatic heterocycles. The quantitative estimate of drug-likeness (QED) is 0.436. The van der Waals surface area contributed by atoms with Crippen molar-refractivity contribution in [1.82, 2.24) is 4.90 Å². The summed E-state index contributed by atoms with van der Waals surface area (Å²) in [6.45, 7) is 8.57. The Morgan fingerprint density at radius 3 is 2.65 bits per heavy atom. The van der Waals surface area contributed by atoms with Crippen molar-refractivity contribution in [1.29, 1.82) is 0 Å². The first-order chi connectivity index (χ1) is 14.7. The van der Waals surface area contributed by atoms with Gasteiger partial charge < -0.3 is 9.84 Å². The van der Waals surface area contributed by atoms with Crippen LogP contribution in [-0.4, -0.2) is 33.8 Å². The number of aryl methyl sites for hydroxylation is 1. The largest absolute Gasteiger partial charge is 0.507 e. The van der Waals surface area contributed by atoms with E-state index in [4.69, 9.17) is 4.74 Å².